The summed E-state index contributed by atoms with van der Waals surface area (Å²) in [5.74, 6) is 2.43. The summed E-state index contributed by atoms with van der Waals surface area (Å²) in [6.07, 6.45) is 3.29. The van der Waals surface area contributed by atoms with E-state index in [1.54, 1.807) is 12.5 Å². The van der Waals surface area contributed by atoms with Crippen LogP contribution in [0.2, 0.25) is 0 Å². The van der Waals surface area contributed by atoms with Gasteiger partial charge in [-0.2, -0.15) is 9.97 Å². The van der Waals surface area contributed by atoms with E-state index in [4.69, 9.17) is 32.1 Å². The fraction of sp³-hybridized carbons (Fsp3) is 0. The molecule has 11 rings (SSSR count). The van der Waals surface area contributed by atoms with Gasteiger partial charge in [-0.1, -0.05) is 36.4 Å². The van der Waals surface area contributed by atoms with Crippen molar-refractivity contribution in [2.24, 2.45) is 0 Å². The predicted octanol–water partition coefficient (Wildman–Crippen LogP) is 12.3. The van der Waals surface area contributed by atoms with Crippen molar-refractivity contribution in [3.8, 4) is 0 Å². The predicted molar refractivity (Wildman–Crippen MR) is 198 cm³/mol. The van der Waals surface area contributed by atoms with Crippen LogP contribution >= 0.6 is 0 Å². The van der Waals surface area contributed by atoms with Crippen LogP contribution in [0.3, 0.4) is 0 Å². The smallest absolute Gasteiger partial charge is 0.231 e. The highest BCUT2D eigenvalue weighted by Gasteiger charge is 2.23. The summed E-state index contributed by atoms with van der Waals surface area (Å²) in [6.45, 7) is 0. The first-order valence-corrected chi connectivity index (χ1v) is 16.5. The van der Waals surface area contributed by atoms with Gasteiger partial charge in [0.25, 0.3) is 0 Å². The third-order valence-corrected chi connectivity index (χ3v) is 9.33. The maximum Gasteiger partial charge on any atom is 0.231 e. The summed E-state index contributed by atoms with van der Waals surface area (Å²) < 4.78 is 30.6. The zero-order valence-electron chi connectivity index (χ0n) is 26.7. The van der Waals surface area contributed by atoms with Crippen molar-refractivity contribution in [2.45, 2.75) is 0 Å². The van der Waals surface area contributed by atoms with Crippen molar-refractivity contribution >= 4 is 101 Å². The molecule has 51 heavy (non-hydrogen) atoms. The van der Waals surface area contributed by atoms with Gasteiger partial charge in [0.05, 0.1) is 34.7 Å². The van der Waals surface area contributed by atoms with Crippen molar-refractivity contribution in [3.63, 3.8) is 0 Å². The summed E-state index contributed by atoms with van der Waals surface area (Å²) in [5.41, 5.74) is 5.77. The van der Waals surface area contributed by atoms with E-state index in [2.05, 4.69) is 24.3 Å². The molecule has 0 aliphatic rings. The average Bonchev–Trinajstić information content (AvgIpc) is 4.01. The van der Waals surface area contributed by atoms with Gasteiger partial charge in [0.1, 0.15) is 34.0 Å². The first-order valence-electron chi connectivity index (χ1n) is 16.5. The van der Waals surface area contributed by atoms with Crippen LogP contribution in [0.5, 0.6) is 0 Å². The molecule has 0 amide bonds. The van der Waals surface area contributed by atoms with Gasteiger partial charge >= 0.3 is 0 Å². The van der Waals surface area contributed by atoms with E-state index in [9.17, 15) is 0 Å². The number of para-hydroxylation sites is 2. The zero-order chi connectivity index (χ0) is 33.5. The quantitative estimate of drug-likeness (QED) is 0.172. The Morgan fingerprint density at radius 3 is 1.29 bits per heavy atom. The SMILES string of the molecule is c1coc(N(c2ccc3c(c2)oc2ccccc23)c2ccc3c(n2)oc2nc(N(c4ccc5c(c4)oc4ccccc45)c4ccco4)ccc23)c1. The molecule has 0 atom stereocenters. The standard InChI is InChI=1S/C42H24N4O5/c1-3-9-33-27(7-1)29-15-13-25(23-35(29)49-33)45(39-11-5-21-47-39)37-19-17-31-32-18-20-38(44-42(32)51-41(31)43-37)46(40-12-6-22-48-40)26-14-16-30-28-8-2-4-10-34(28)50-36(30)24-26/h1-24H. The van der Waals surface area contributed by atoms with Gasteiger partial charge < -0.3 is 22.1 Å². The molecule has 11 aromatic rings. The molecule has 9 heteroatoms. The van der Waals surface area contributed by atoms with Crippen molar-refractivity contribution in [1.82, 2.24) is 9.97 Å². The number of fused-ring (bicyclic) bond motifs is 9. The summed E-state index contributed by atoms with van der Waals surface area (Å²) >= 11 is 0. The molecule has 0 aliphatic carbocycles. The summed E-state index contributed by atoms with van der Waals surface area (Å²) in [6, 6.07) is 43.7. The summed E-state index contributed by atoms with van der Waals surface area (Å²) in [4.78, 5) is 13.9. The molecular formula is C42H24N4O5. The molecule has 9 nitrogen and oxygen atoms in total. The van der Waals surface area contributed by atoms with Crippen molar-refractivity contribution in [3.05, 3.63) is 146 Å². The Balaban J connectivity index is 1.02. The van der Waals surface area contributed by atoms with Crippen LogP contribution in [-0.2, 0) is 0 Å². The van der Waals surface area contributed by atoms with E-state index < -0.39 is 0 Å². The number of furan rings is 5. The minimum atomic E-state index is 0.446. The Morgan fingerprint density at radius 2 is 0.824 bits per heavy atom. The largest absolute Gasteiger partial charge is 0.456 e. The second-order valence-corrected chi connectivity index (χ2v) is 12.3. The van der Waals surface area contributed by atoms with Crippen LogP contribution < -0.4 is 9.80 Å². The van der Waals surface area contributed by atoms with E-state index in [1.807, 2.05) is 119 Å². The van der Waals surface area contributed by atoms with Gasteiger partial charge in [-0.3, -0.25) is 9.80 Å². The lowest BCUT2D eigenvalue weighted by Gasteiger charge is -2.21. The molecule has 7 aromatic heterocycles. The number of rotatable bonds is 6. The number of benzene rings is 4. The Labute approximate surface area is 288 Å². The second-order valence-electron chi connectivity index (χ2n) is 12.3. The second kappa shape index (κ2) is 10.6. The number of hydrogen-bond acceptors (Lipinski definition) is 9. The molecule has 0 unspecified atom stereocenters. The van der Waals surface area contributed by atoms with E-state index in [1.165, 1.54) is 0 Å². The fourth-order valence-corrected chi connectivity index (χ4v) is 7.01. The van der Waals surface area contributed by atoms with Crippen molar-refractivity contribution < 1.29 is 22.1 Å². The minimum absolute atomic E-state index is 0.446. The van der Waals surface area contributed by atoms with E-state index in [-0.39, 0.29) is 0 Å². The van der Waals surface area contributed by atoms with Crippen LogP contribution in [-0.4, -0.2) is 9.97 Å². The molecule has 0 saturated carbocycles. The molecule has 7 heterocycles. The molecule has 4 aromatic carbocycles. The number of hydrogen-bond donors (Lipinski definition) is 0. The van der Waals surface area contributed by atoms with Gasteiger partial charge in [0.15, 0.2) is 0 Å². The third kappa shape index (κ3) is 4.28. The Morgan fingerprint density at radius 1 is 0.373 bits per heavy atom. The van der Waals surface area contributed by atoms with Gasteiger partial charge in [0, 0.05) is 45.8 Å². The number of aromatic nitrogens is 2. The topological polar surface area (TPSA) is 98.0 Å². The molecule has 0 radical (unpaired) electrons. The first-order chi connectivity index (χ1) is 25.2. The molecule has 0 fully saturated rings. The number of pyridine rings is 2. The molecule has 0 spiro atoms. The van der Waals surface area contributed by atoms with Crippen LogP contribution in [0.1, 0.15) is 0 Å². The summed E-state index contributed by atoms with van der Waals surface area (Å²) in [7, 11) is 0. The Kier molecular flexibility index (Phi) is 5.76. The van der Waals surface area contributed by atoms with Crippen LogP contribution in [0, 0.1) is 0 Å². The zero-order valence-corrected chi connectivity index (χ0v) is 26.7. The molecular weight excluding hydrogens is 640 g/mol. The van der Waals surface area contributed by atoms with Gasteiger partial charge in [0.2, 0.25) is 23.2 Å². The maximum absolute atomic E-state index is 6.39. The normalized spacial score (nSPS) is 11.9. The monoisotopic (exact) mass is 664 g/mol. The molecule has 0 aliphatic heterocycles. The first kappa shape index (κ1) is 27.7. The fourth-order valence-electron chi connectivity index (χ4n) is 7.01. The highest BCUT2D eigenvalue weighted by atomic mass is 16.4. The van der Waals surface area contributed by atoms with Gasteiger partial charge in [-0.15, -0.1) is 0 Å². The van der Waals surface area contributed by atoms with E-state index in [0.29, 0.717) is 34.8 Å². The molecule has 0 bridgehead atoms. The molecule has 0 saturated heterocycles. The van der Waals surface area contributed by atoms with E-state index >= 15 is 0 Å². The Bertz CT molecular complexity index is 2860. The third-order valence-electron chi connectivity index (χ3n) is 9.33. The Hall–Kier alpha value is -7.26. The lowest BCUT2D eigenvalue weighted by atomic mass is 10.1. The highest BCUT2D eigenvalue weighted by Crippen LogP contribution is 2.41. The van der Waals surface area contributed by atoms with Crippen LogP contribution in [0.15, 0.2) is 168 Å². The lowest BCUT2D eigenvalue weighted by molar-refractivity contribution is 0.572. The number of anilines is 6. The van der Waals surface area contributed by atoms with Crippen molar-refractivity contribution in [2.75, 3.05) is 9.80 Å². The number of nitrogens with zero attached hydrogens (tertiary/aromatic N) is 4. The maximum atomic E-state index is 6.39. The van der Waals surface area contributed by atoms with Crippen molar-refractivity contribution in [1.29, 1.82) is 0 Å². The highest BCUT2D eigenvalue weighted by molar-refractivity contribution is 6.08. The minimum Gasteiger partial charge on any atom is -0.456 e. The average molecular weight is 665 g/mol. The lowest BCUT2D eigenvalue weighted by Crippen LogP contribution is -2.10. The van der Waals surface area contributed by atoms with Gasteiger partial charge in [-0.05, 0) is 72.8 Å². The molecule has 0 N–H and O–H groups in total. The van der Waals surface area contributed by atoms with Gasteiger partial charge in [-0.25, -0.2) is 0 Å². The van der Waals surface area contributed by atoms with Crippen LogP contribution in [0.4, 0.5) is 34.8 Å². The van der Waals surface area contributed by atoms with E-state index in [0.717, 1.165) is 66.0 Å². The summed E-state index contributed by atoms with van der Waals surface area (Å²) in [5, 5.41) is 5.90. The molecule has 242 valence electrons. The van der Waals surface area contributed by atoms with Crippen LogP contribution in [0.25, 0.3) is 66.1 Å².